The summed E-state index contributed by atoms with van der Waals surface area (Å²) in [6, 6.07) is 12.0. The van der Waals surface area contributed by atoms with Gasteiger partial charge in [0.2, 0.25) is 0 Å². The van der Waals surface area contributed by atoms with Crippen molar-refractivity contribution in [3.63, 3.8) is 0 Å². The van der Waals surface area contributed by atoms with Gasteiger partial charge >= 0.3 is 0 Å². The minimum atomic E-state index is 0.777. The lowest BCUT2D eigenvalue weighted by Crippen LogP contribution is -2.14. The molecule has 0 spiro atoms. The molecule has 1 aliphatic rings. The number of nitrogens with zero attached hydrogens (tertiary/aromatic N) is 1. The van der Waals surface area contributed by atoms with E-state index in [1.807, 2.05) is 24.3 Å². The lowest BCUT2D eigenvalue weighted by molar-refractivity contribution is 0.880. The van der Waals surface area contributed by atoms with E-state index in [4.69, 9.17) is 17.3 Å². The van der Waals surface area contributed by atoms with Crippen molar-refractivity contribution in [2.75, 3.05) is 10.6 Å². The van der Waals surface area contributed by atoms with Crippen molar-refractivity contribution in [2.24, 2.45) is 0 Å². The molecule has 0 atom stereocenters. The Kier molecular flexibility index (Phi) is 2.96. The number of rotatable bonds is 1. The van der Waals surface area contributed by atoms with E-state index in [1.54, 1.807) is 0 Å². The average Bonchev–Trinajstić information content (AvgIpc) is 2.74. The van der Waals surface area contributed by atoms with Crippen LogP contribution in [0.1, 0.15) is 11.1 Å². The summed E-state index contributed by atoms with van der Waals surface area (Å²) in [5, 5.41) is 0.777. The lowest BCUT2D eigenvalue weighted by Gasteiger charge is -2.19. The lowest BCUT2D eigenvalue weighted by atomic mass is 10.1. The fraction of sp³-hybridized carbons (Fsp3) is 0.143. The minimum absolute atomic E-state index is 0.777. The molecular formula is C14H12BrClN2. The van der Waals surface area contributed by atoms with E-state index in [9.17, 15) is 0 Å². The Hall–Kier alpha value is -1.19. The Morgan fingerprint density at radius 1 is 1.06 bits per heavy atom. The number of nitrogens with two attached hydrogens (primary N) is 1. The van der Waals surface area contributed by atoms with Crippen molar-refractivity contribution in [2.45, 2.75) is 13.1 Å². The molecule has 2 N–H and O–H groups in total. The van der Waals surface area contributed by atoms with E-state index in [-0.39, 0.29) is 0 Å². The molecule has 2 aromatic rings. The number of benzene rings is 2. The Morgan fingerprint density at radius 2 is 1.83 bits per heavy atom. The van der Waals surface area contributed by atoms with Gasteiger partial charge in [0.15, 0.2) is 0 Å². The van der Waals surface area contributed by atoms with Gasteiger partial charge in [-0.25, -0.2) is 0 Å². The van der Waals surface area contributed by atoms with E-state index in [1.165, 1.54) is 11.1 Å². The summed E-state index contributed by atoms with van der Waals surface area (Å²) in [5.41, 5.74) is 10.3. The Balaban J connectivity index is 1.96. The van der Waals surface area contributed by atoms with Crippen LogP contribution in [0.4, 0.5) is 11.4 Å². The van der Waals surface area contributed by atoms with Crippen molar-refractivity contribution in [3.8, 4) is 0 Å². The summed E-state index contributed by atoms with van der Waals surface area (Å²) in [6.45, 7) is 1.74. The summed E-state index contributed by atoms with van der Waals surface area (Å²) in [5.74, 6) is 0. The van der Waals surface area contributed by atoms with Crippen LogP contribution in [0.15, 0.2) is 40.9 Å². The van der Waals surface area contributed by atoms with Crippen LogP contribution in [0.2, 0.25) is 5.02 Å². The molecule has 2 nitrogen and oxygen atoms in total. The molecule has 92 valence electrons. The smallest absolute Gasteiger partial charge is 0.0640 e. The van der Waals surface area contributed by atoms with E-state index >= 15 is 0 Å². The van der Waals surface area contributed by atoms with Gasteiger partial charge in [-0.15, -0.1) is 0 Å². The van der Waals surface area contributed by atoms with Crippen molar-refractivity contribution >= 4 is 38.9 Å². The summed E-state index contributed by atoms with van der Waals surface area (Å²) in [6.07, 6.45) is 0. The molecule has 18 heavy (non-hydrogen) atoms. The molecule has 0 unspecified atom stereocenters. The van der Waals surface area contributed by atoms with Crippen LogP contribution >= 0.6 is 27.5 Å². The molecule has 0 radical (unpaired) electrons. The van der Waals surface area contributed by atoms with Crippen molar-refractivity contribution < 1.29 is 0 Å². The third kappa shape index (κ3) is 2.08. The molecule has 0 aliphatic carbocycles. The van der Waals surface area contributed by atoms with E-state index in [2.05, 4.69) is 33.0 Å². The fourth-order valence-corrected chi connectivity index (χ4v) is 2.90. The molecule has 2 aromatic carbocycles. The van der Waals surface area contributed by atoms with Crippen LogP contribution in [-0.2, 0) is 13.1 Å². The van der Waals surface area contributed by atoms with Gasteiger partial charge in [0, 0.05) is 23.2 Å². The van der Waals surface area contributed by atoms with Crippen molar-refractivity contribution in [1.82, 2.24) is 0 Å². The van der Waals surface area contributed by atoms with Crippen molar-refractivity contribution in [1.29, 1.82) is 0 Å². The zero-order valence-electron chi connectivity index (χ0n) is 9.66. The third-order valence-electron chi connectivity index (χ3n) is 3.20. The fourth-order valence-electron chi connectivity index (χ4n) is 2.31. The normalized spacial score (nSPS) is 13.8. The first-order valence-corrected chi connectivity index (χ1v) is 6.88. The van der Waals surface area contributed by atoms with Gasteiger partial charge in [-0.05, 0) is 41.5 Å². The second kappa shape index (κ2) is 4.48. The number of hydrogen-bond donors (Lipinski definition) is 1. The van der Waals surface area contributed by atoms with Gasteiger partial charge in [0.05, 0.1) is 10.7 Å². The Bertz CT molecular complexity index is 613. The first-order chi connectivity index (χ1) is 8.63. The highest BCUT2D eigenvalue weighted by molar-refractivity contribution is 9.10. The largest absolute Gasteiger partial charge is 0.399 e. The van der Waals surface area contributed by atoms with E-state index in [0.717, 1.165) is 34.0 Å². The predicted molar refractivity (Wildman–Crippen MR) is 79.9 cm³/mol. The molecule has 1 aliphatic heterocycles. The Morgan fingerprint density at radius 3 is 2.67 bits per heavy atom. The van der Waals surface area contributed by atoms with Gasteiger partial charge < -0.3 is 10.6 Å². The molecule has 0 bridgehead atoms. The van der Waals surface area contributed by atoms with Gasteiger partial charge in [0.25, 0.3) is 0 Å². The maximum Gasteiger partial charge on any atom is 0.0640 e. The topological polar surface area (TPSA) is 29.3 Å². The van der Waals surface area contributed by atoms with Crippen molar-refractivity contribution in [3.05, 3.63) is 57.0 Å². The third-order valence-corrected chi connectivity index (χ3v) is 4.01. The number of anilines is 2. The molecule has 0 amide bonds. The molecule has 0 fully saturated rings. The van der Waals surface area contributed by atoms with Gasteiger partial charge in [-0.3, -0.25) is 0 Å². The second-order valence-corrected chi connectivity index (χ2v) is 5.80. The molecule has 4 heteroatoms. The zero-order chi connectivity index (χ0) is 12.7. The molecular weight excluding hydrogens is 312 g/mol. The van der Waals surface area contributed by atoms with Crippen LogP contribution in [0.5, 0.6) is 0 Å². The summed E-state index contributed by atoms with van der Waals surface area (Å²) in [4.78, 5) is 2.26. The maximum atomic E-state index is 6.26. The summed E-state index contributed by atoms with van der Waals surface area (Å²) >= 11 is 9.75. The summed E-state index contributed by atoms with van der Waals surface area (Å²) in [7, 11) is 0. The average molecular weight is 324 g/mol. The van der Waals surface area contributed by atoms with Gasteiger partial charge in [0.1, 0.15) is 0 Å². The molecule has 0 saturated heterocycles. The van der Waals surface area contributed by atoms with E-state index < -0.39 is 0 Å². The second-order valence-electron chi connectivity index (χ2n) is 4.48. The highest BCUT2D eigenvalue weighted by atomic mass is 79.9. The van der Waals surface area contributed by atoms with Crippen LogP contribution in [0.3, 0.4) is 0 Å². The van der Waals surface area contributed by atoms with Crippen LogP contribution < -0.4 is 10.6 Å². The number of halogens is 2. The monoisotopic (exact) mass is 322 g/mol. The molecule has 3 rings (SSSR count). The van der Waals surface area contributed by atoms with Crippen LogP contribution in [0.25, 0.3) is 0 Å². The predicted octanol–water partition coefficient (Wildman–Crippen LogP) is 4.20. The maximum absolute atomic E-state index is 6.26. The molecule has 0 aromatic heterocycles. The van der Waals surface area contributed by atoms with E-state index in [0.29, 0.717) is 0 Å². The molecule has 0 saturated carbocycles. The van der Waals surface area contributed by atoms with Gasteiger partial charge in [-0.1, -0.05) is 33.6 Å². The first-order valence-electron chi connectivity index (χ1n) is 5.71. The van der Waals surface area contributed by atoms with Crippen LogP contribution in [0, 0.1) is 0 Å². The highest BCUT2D eigenvalue weighted by Gasteiger charge is 2.21. The quantitative estimate of drug-likeness (QED) is 0.797. The Labute approximate surface area is 119 Å². The zero-order valence-corrected chi connectivity index (χ0v) is 12.0. The highest BCUT2D eigenvalue weighted by Crippen LogP contribution is 2.35. The number of hydrogen-bond acceptors (Lipinski definition) is 2. The number of fused-ring (bicyclic) bond motifs is 1. The first kappa shape index (κ1) is 11.9. The standard InChI is InChI=1S/C14H12BrClN2/c15-11-2-4-13(16)14(6-11)18-7-9-1-3-12(17)5-10(9)8-18/h1-6H,7-8,17H2. The molecule has 1 heterocycles. The summed E-state index contributed by atoms with van der Waals surface area (Å²) < 4.78 is 1.04. The number of nitrogen functional groups attached to an aromatic ring is 1. The minimum Gasteiger partial charge on any atom is -0.399 e. The SMILES string of the molecule is Nc1ccc2c(c1)CN(c1cc(Br)ccc1Cl)C2. The van der Waals surface area contributed by atoms with Crippen LogP contribution in [-0.4, -0.2) is 0 Å². The van der Waals surface area contributed by atoms with Gasteiger partial charge in [-0.2, -0.15) is 0 Å².